The molecule has 258 valence electrons. The molecule has 0 aliphatic rings. The molecular weight excluding hydrogens is 696 g/mol. The molecule has 6 aromatic rings. The van der Waals surface area contributed by atoms with Crippen LogP contribution >= 0.6 is 11.6 Å². The Kier molecular flexibility index (Phi) is 9.16. The van der Waals surface area contributed by atoms with Crippen molar-refractivity contribution >= 4 is 55.5 Å². The Morgan fingerprint density at radius 1 is 1.08 bits per heavy atom. The predicted molar refractivity (Wildman–Crippen MR) is 182 cm³/mol. The Labute approximate surface area is 288 Å². The zero-order chi connectivity index (χ0) is 35.9. The standard InChI is InChI=1S/C33H28ClF2N7O6S/c1-41-28-26(11-10-24(34)27(28)31(40-41)42(50(3,47)48)17-18-6-8-22(49-2)9-7-18)43-30(39-29-23(32(43)44)5-4-12-37-29)25(38-33(45)46)15-19-13-20(35)16-21(36)14-19/h4-14,16,25,38H,15,17H2,1-3H3,(H,45,46)/t25-/m0/s1. The van der Waals surface area contributed by atoms with Crippen molar-refractivity contribution in [3.05, 3.63) is 117 Å². The topological polar surface area (TPSA) is 162 Å². The van der Waals surface area contributed by atoms with Crippen molar-refractivity contribution in [3.63, 3.8) is 0 Å². The number of aromatic nitrogens is 5. The Balaban J connectivity index is 1.61. The van der Waals surface area contributed by atoms with Gasteiger partial charge < -0.3 is 15.2 Å². The van der Waals surface area contributed by atoms with E-state index < -0.39 is 39.4 Å². The third-order valence-corrected chi connectivity index (χ3v) is 9.32. The largest absolute Gasteiger partial charge is 0.497 e. The fraction of sp³-hybridized carbons (Fsp3) is 0.182. The molecule has 3 aromatic carbocycles. The van der Waals surface area contributed by atoms with Gasteiger partial charge in [-0.3, -0.25) is 14.0 Å². The molecule has 3 heterocycles. The number of amides is 1. The van der Waals surface area contributed by atoms with Crippen LogP contribution in [-0.2, 0) is 30.0 Å². The normalized spacial score (nSPS) is 12.3. The number of carboxylic acid groups (broad SMARTS) is 1. The first-order valence-electron chi connectivity index (χ1n) is 14.8. The summed E-state index contributed by atoms with van der Waals surface area (Å²) in [6.45, 7) is -0.126. The monoisotopic (exact) mass is 723 g/mol. The number of pyridine rings is 1. The lowest BCUT2D eigenvalue weighted by atomic mass is 10.0. The van der Waals surface area contributed by atoms with E-state index in [0.29, 0.717) is 17.4 Å². The molecule has 0 aliphatic heterocycles. The lowest BCUT2D eigenvalue weighted by molar-refractivity contribution is 0.189. The van der Waals surface area contributed by atoms with E-state index in [9.17, 15) is 31.9 Å². The maximum atomic E-state index is 14.3. The Hall–Kier alpha value is -5.61. The minimum atomic E-state index is -3.98. The molecule has 0 spiro atoms. The number of aryl methyl sites for hydroxylation is 1. The van der Waals surface area contributed by atoms with Gasteiger partial charge in [0.05, 0.1) is 53.0 Å². The van der Waals surface area contributed by atoms with Gasteiger partial charge in [-0.15, -0.1) is 0 Å². The number of rotatable bonds is 10. The van der Waals surface area contributed by atoms with E-state index in [0.717, 1.165) is 27.3 Å². The summed E-state index contributed by atoms with van der Waals surface area (Å²) in [7, 11) is -0.935. The van der Waals surface area contributed by atoms with Crippen molar-refractivity contribution in [3.8, 4) is 11.4 Å². The van der Waals surface area contributed by atoms with E-state index in [4.69, 9.17) is 16.3 Å². The number of hydrogen-bond donors (Lipinski definition) is 2. The number of anilines is 1. The van der Waals surface area contributed by atoms with E-state index in [1.54, 1.807) is 24.3 Å². The lowest BCUT2D eigenvalue weighted by Crippen LogP contribution is -2.35. The number of halogens is 3. The van der Waals surface area contributed by atoms with Crippen molar-refractivity contribution in [2.24, 2.45) is 7.05 Å². The summed E-state index contributed by atoms with van der Waals surface area (Å²) in [5, 5.41) is 17.0. The molecule has 0 fully saturated rings. The molecule has 0 bridgehead atoms. The van der Waals surface area contributed by atoms with Crippen molar-refractivity contribution in [2.45, 2.75) is 19.0 Å². The van der Waals surface area contributed by atoms with Crippen molar-refractivity contribution < 1.29 is 31.8 Å². The summed E-state index contributed by atoms with van der Waals surface area (Å²) in [4.78, 5) is 35.2. The molecule has 1 atom stereocenters. The van der Waals surface area contributed by atoms with Crippen molar-refractivity contribution in [1.29, 1.82) is 0 Å². The second kappa shape index (κ2) is 13.4. The number of ether oxygens (including phenoxy) is 1. The van der Waals surface area contributed by atoms with Crippen LogP contribution in [-0.4, -0.2) is 57.3 Å². The third kappa shape index (κ3) is 6.66. The highest BCUT2D eigenvalue weighted by Gasteiger charge is 2.30. The van der Waals surface area contributed by atoms with E-state index in [1.165, 1.54) is 49.3 Å². The quantitative estimate of drug-likeness (QED) is 0.195. The number of fused-ring (bicyclic) bond motifs is 2. The summed E-state index contributed by atoms with van der Waals surface area (Å²) in [5.74, 6) is -1.39. The van der Waals surface area contributed by atoms with Gasteiger partial charge in [0.2, 0.25) is 10.0 Å². The molecule has 50 heavy (non-hydrogen) atoms. The fourth-order valence-corrected chi connectivity index (χ4v) is 6.82. The molecule has 0 radical (unpaired) electrons. The third-order valence-electron chi connectivity index (χ3n) is 7.90. The van der Waals surface area contributed by atoms with Crippen LogP contribution in [0.4, 0.5) is 19.4 Å². The molecule has 0 saturated heterocycles. The molecule has 13 nitrogen and oxygen atoms in total. The predicted octanol–water partition coefficient (Wildman–Crippen LogP) is 5.13. The van der Waals surface area contributed by atoms with E-state index in [1.807, 2.05) is 0 Å². The number of methoxy groups -OCH3 is 1. The zero-order valence-electron chi connectivity index (χ0n) is 26.6. The second-order valence-electron chi connectivity index (χ2n) is 11.3. The molecule has 0 aliphatic carbocycles. The highest BCUT2D eigenvalue weighted by Crippen LogP contribution is 2.38. The Bertz CT molecular complexity index is 2440. The maximum absolute atomic E-state index is 14.3. The molecule has 3 aromatic heterocycles. The molecule has 6 rings (SSSR count). The zero-order valence-corrected chi connectivity index (χ0v) is 28.2. The highest BCUT2D eigenvalue weighted by atomic mass is 35.5. The van der Waals surface area contributed by atoms with Crippen LogP contribution in [0.25, 0.3) is 27.6 Å². The number of sulfonamides is 1. The van der Waals surface area contributed by atoms with Gasteiger partial charge in [-0.2, -0.15) is 5.10 Å². The van der Waals surface area contributed by atoms with Crippen molar-refractivity contribution in [1.82, 2.24) is 29.6 Å². The number of nitrogens with zero attached hydrogens (tertiary/aromatic N) is 6. The Morgan fingerprint density at radius 3 is 2.42 bits per heavy atom. The summed E-state index contributed by atoms with van der Waals surface area (Å²) in [6.07, 6.45) is 0.610. The van der Waals surface area contributed by atoms with Crippen LogP contribution in [0.15, 0.2) is 77.7 Å². The maximum Gasteiger partial charge on any atom is 0.405 e. The number of carbonyl (C=O) groups is 1. The first kappa shape index (κ1) is 34.3. The molecule has 17 heteroatoms. The van der Waals surface area contributed by atoms with Gasteiger partial charge >= 0.3 is 6.09 Å². The van der Waals surface area contributed by atoms with E-state index in [2.05, 4.69) is 20.4 Å². The lowest BCUT2D eigenvalue weighted by Gasteiger charge is -2.23. The summed E-state index contributed by atoms with van der Waals surface area (Å²) in [6, 6.07) is 14.1. The van der Waals surface area contributed by atoms with Crippen LogP contribution < -0.4 is 19.9 Å². The molecular formula is C33H28ClF2N7O6S. The van der Waals surface area contributed by atoms with Crippen LogP contribution in [0.1, 0.15) is 23.0 Å². The van der Waals surface area contributed by atoms with Crippen LogP contribution in [0.2, 0.25) is 5.02 Å². The van der Waals surface area contributed by atoms with Crippen LogP contribution in [0.5, 0.6) is 5.75 Å². The second-order valence-corrected chi connectivity index (χ2v) is 13.6. The molecule has 1 amide bonds. The fourth-order valence-electron chi connectivity index (χ4n) is 5.76. The number of hydrogen-bond acceptors (Lipinski definition) is 8. The SMILES string of the molecule is COc1ccc(CN(c2nn(C)c3c(-n4c([C@H](Cc5cc(F)cc(F)c5)NC(=O)O)nc5ncccc5c4=O)ccc(Cl)c23)S(C)(=O)=O)cc1. The van der Waals surface area contributed by atoms with Crippen molar-refractivity contribution in [2.75, 3.05) is 17.7 Å². The van der Waals surface area contributed by atoms with Gasteiger partial charge in [-0.05, 0) is 59.7 Å². The highest BCUT2D eigenvalue weighted by molar-refractivity contribution is 7.92. The molecule has 2 N–H and O–H groups in total. The minimum Gasteiger partial charge on any atom is -0.497 e. The first-order valence-corrected chi connectivity index (χ1v) is 17.1. The summed E-state index contributed by atoms with van der Waals surface area (Å²) >= 11 is 6.75. The number of nitrogens with one attached hydrogen (secondary N) is 1. The van der Waals surface area contributed by atoms with Gasteiger partial charge in [-0.1, -0.05) is 23.7 Å². The molecule has 0 unspecified atom stereocenters. The van der Waals surface area contributed by atoms with Gasteiger partial charge in [0, 0.05) is 25.7 Å². The van der Waals surface area contributed by atoms with Gasteiger partial charge in [0.25, 0.3) is 5.56 Å². The molecule has 0 saturated carbocycles. The van der Waals surface area contributed by atoms with Crippen LogP contribution in [0, 0.1) is 11.6 Å². The van der Waals surface area contributed by atoms with Gasteiger partial charge in [0.15, 0.2) is 11.5 Å². The minimum absolute atomic E-state index is 0.00925. The summed E-state index contributed by atoms with van der Waals surface area (Å²) < 4.78 is 63.7. The van der Waals surface area contributed by atoms with Crippen LogP contribution in [0.3, 0.4) is 0 Å². The number of benzene rings is 3. The average molecular weight is 724 g/mol. The first-order chi connectivity index (χ1) is 23.7. The average Bonchev–Trinajstić information content (AvgIpc) is 3.40. The summed E-state index contributed by atoms with van der Waals surface area (Å²) in [5.41, 5.74) is 0.341. The van der Waals surface area contributed by atoms with Gasteiger partial charge in [-0.25, -0.2) is 36.3 Å². The smallest absolute Gasteiger partial charge is 0.405 e. The van der Waals surface area contributed by atoms with Gasteiger partial charge in [0.1, 0.15) is 23.2 Å². The Morgan fingerprint density at radius 2 is 1.78 bits per heavy atom. The van der Waals surface area contributed by atoms with E-state index in [-0.39, 0.29) is 62.8 Å². The van der Waals surface area contributed by atoms with E-state index >= 15 is 0 Å².